The van der Waals surface area contributed by atoms with E-state index >= 15 is 0 Å². The third kappa shape index (κ3) is 7.18. The zero-order valence-corrected chi connectivity index (χ0v) is 16.0. The van der Waals surface area contributed by atoms with Crippen LogP contribution in [0.1, 0.15) is 43.7 Å². The molecule has 0 aliphatic carbocycles. The van der Waals surface area contributed by atoms with E-state index in [1.165, 1.54) is 19.3 Å². The number of aryl methyl sites for hydroxylation is 2. The smallest absolute Gasteiger partial charge is 0.262 e. The van der Waals surface area contributed by atoms with Crippen LogP contribution in [0.25, 0.3) is 0 Å². The number of benzene rings is 2. The van der Waals surface area contributed by atoms with Crippen molar-refractivity contribution in [2.75, 3.05) is 18.5 Å². The third-order valence-electron chi connectivity index (χ3n) is 3.95. The van der Waals surface area contributed by atoms with Crippen LogP contribution in [-0.4, -0.2) is 19.1 Å². The van der Waals surface area contributed by atoms with Crippen LogP contribution < -0.4 is 14.8 Å². The van der Waals surface area contributed by atoms with Gasteiger partial charge in [-0.25, -0.2) is 0 Å². The first-order valence-corrected chi connectivity index (χ1v) is 9.30. The van der Waals surface area contributed by atoms with Gasteiger partial charge in [-0.3, -0.25) is 4.79 Å². The molecule has 0 spiro atoms. The second-order valence-electron chi connectivity index (χ2n) is 6.60. The second-order valence-corrected chi connectivity index (χ2v) is 6.60. The second kappa shape index (κ2) is 10.5. The molecule has 2 aromatic rings. The normalized spacial score (nSPS) is 10.4. The lowest BCUT2D eigenvalue weighted by molar-refractivity contribution is -0.118. The van der Waals surface area contributed by atoms with E-state index in [9.17, 15) is 4.79 Å². The van der Waals surface area contributed by atoms with Crippen molar-refractivity contribution in [2.24, 2.45) is 0 Å². The van der Waals surface area contributed by atoms with Gasteiger partial charge < -0.3 is 14.8 Å². The summed E-state index contributed by atoms with van der Waals surface area (Å²) in [6.45, 7) is 6.89. The van der Waals surface area contributed by atoms with Crippen LogP contribution >= 0.6 is 0 Å². The molecule has 0 saturated heterocycles. The van der Waals surface area contributed by atoms with Crippen molar-refractivity contribution in [1.29, 1.82) is 0 Å². The topological polar surface area (TPSA) is 47.6 Å². The molecule has 0 fully saturated rings. The van der Waals surface area contributed by atoms with Gasteiger partial charge in [-0.15, -0.1) is 0 Å². The monoisotopic (exact) mass is 355 g/mol. The first kappa shape index (κ1) is 19.8. The van der Waals surface area contributed by atoms with E-state index < -0.39 is 0 Å². The van der Waals surface area contributed by atoms with Gasteiger partial charge in [-0.1, -0.05) is 38.3 Å². The predicted molar refractivity (Wildman–Crippen MR) is 106 cm³/mol. The number of amides is 1. The Kier molecular flexibility index (Phi) is 8.00. The Balaban J connectivity index is 1.80. The molecule has 0 aromatic heterocycles. The Labute approximate surface area is 156 Å². The SMILES string of the molecule is CCCCCCOc1cccc(NC(=O)COc2cc(C)cc(C)c2)c1. The zero-order valence-electron chi connectivity index (χ0n) is 16.0. The quantitative estimate of drug-likeness (QED) is 0.590. The van der Waals surface area contributed by atoms with Crippen molar-refractivity contribution in [3.05, 3.63) is 53.6 Å². The number of rotatable bonds is 10. The molecule has 4 heteroatoms. The average molecular weight is 355 g/mol. The number of carbonyl (C=O) groups is 1. The molecular weight excluding hydrogens is 326 g/mol. The van der Waals surface area contributed by atoms with Gasteiger partial charge in [-0.2, -0.15) is 0 Å². The van der Waals surface area contributed by atoms with Crippen LogP contribution in [0, 0.1) is 13.8 Å². The van der Waals surface area contributed by atoms with Crippen molar-refractivity contribution >= 4 is 11.6 Å². The van der Waals surface area contributed by atoms with E-state index in [0.29, 0.717) is 18.0 Å². The van der Waals surface area contributed by atoms with E-state index in [-0.39, 0.29) is 12.5 Å². The number of unbranched alkanes of at least 4 members (excludes halogenated alkanes) is 3. The van der Waals surface area contributed by atoms with Crippen molar-refractivity contribution in [3.8, 4) is 11.5 Å². The summed E-state index contributed by atoms with van der Waals surface area (Å²) in [6.07, 6.45) is 4.68. The number of nitrogens with one attached hydrogen (secondary N) is 1. The van der Waals surface area contributed by atoms with Gasteiger partial charge in [0.25, 0.3) is 5.91 Å². The highest BCUT2D eigenvalue weighted by atomic mass is 16.5. The minimum Gasteiger partial charge on any atom is -0.494 e. The predicted octanol–water partition coefficient (Wildman–Crippen LogP) is 5.28. The maximum absolute atomic E-state index is 12.1. The Morgan fingerprint density at radius 2 is 1.69 bits per heavy atom. The Hall–Kier alpha value is -2.49. The summed E-state index contributed by atoms with van der Waals surface area (Å²) in [5.74, 6) is 1.29. The van der Waals surface area contributed by atoms with E-state index in [1.54, 1.807) is 0 Å². The lowest BCUT2D eigenvalue weighted by Crippen LogP contribution is -2.20. The first-order chi connectivity index (χ1) is 12.6. The van der Waals surface area contributed by atoms with E-state index in [0.717, 1.165) is 23.3 Å². The molecule has 2 aromatic carbocycles. The van der Waals surface area contributed by atoms with Crippen molar-refractivity contribution in [3.63, 3.8) is 0 Å². The third-order valence-corrected chi connectivity index (χ3v) is 3.95. The maximum atomic E-state index is 12.1. The van der Waals surface area contributed by atoms with Crippen LogP contribution in [-0.2, 0) is 4.79 Å². The van der Waals surface area contributed by atoms with Gasteiger partial charge >= 0.3 is 0 Å². The number of carbonyl (C=O) groups excluding carboxylic acids is 1. The Morgan fingerprint density at radius 3 is 2.42 bits per heavy atom. The molecule has 0 aliphatic rings. The maximum Gasteiger partial charge on any atom is 0.262 e. The average Bonchev–Trinajstić information content (AvgIpc) is 2.59. The molecule has 0 unspecified atom stereocenters. The highest BCUT2D eigenvalue weighted by Gasteiger charge is 2.06. The van der Waals surface area contributed by atoms with Crippen molar-refractivity contribution < 1.29 is 14.3 Å². The highest BCUT2D eigenvalue weighted by Crippen LogP contribution is 2.19. The number of ether oxygens (including phenoxy) is 2. The first-order valence-electron chi connectivity index (χ1n) is 9.30. The lowest BCUT2D eigenvalue weighted by atomic mass is 10.1. The van der Waals surface area contributed by atoms with Crippen LogP contribution in [0.4, 0.5) is 5.69 Å². The minimum absolute atomic E-state index is 0.0228. The van der Waals surface area contributed by atoms with Gasteiger partial charge in [-0.05, 0) is 55.7 Å². The number of hydrogen-bond donors (Lipinski definition) is 1. The van der Waals surface area contributed by atoms with Gasteiger partial charge in [0.15, 0.2) is 6.61 Å². The molecule has 2 rings (SSSR count). The summed E-state index contributed by atoms with van der Waals surface area (Å²) in [7, 11) is 0. The molecular formula is C22H29NO3. The number of anilines is 1. The standard InChI is InChI=1S/C22H29NO3/c1-4-5-6-7-11-25-20-10-8-9-19(15-20)23-22(24)16-26-21-13-17(2)12-18(3)14-21/h8-10,12-15H,4-7,11,16H2,1-3H3,(H,23,24). The van der Waals surface area contributed by atoms with Gasteiger partial charge in [0.05, 0.1) is 6.61 Å². The minimum atomic E-state index is -0.191. The summed E-state index contributed by atoms with van der Waals surface area (Å²) in [5, 5.41) is 2.85. The summed E-state index contributed by atoms with van der Waals surface area (Å²) in [6, 6.07) is 13.4. The van der Waals surface area contributed by atoms with Crippen LogP contribution in [0.2, 0.25) is 0 Å². The summed E-state index contributed by atoms with van der Waals surface area (Å²) >= 11 is 0. The fourth-order valence-electron chi connectivity index (χ4n) is 2.74. The molecule has 0 radical (unpaired) electrons. The molecule has 0 bridgehead atoms. The Bertz CT molecular complexity index is 692. The fourth-order valence-corrected chi connectivity index (χ4v) is 2.74. The molecule has 4 nitrogen and oxygen atoms in total. The van der Waals surface area contributed by atoms with E-state index in [2.05, 4.69) is 18.3 Å². The number of hydrogen-bond acceptors (Lipinski definition) is 3. The molecule has 0 heterocycles. The van der Waals surface area contributed by atoms with Crippen LogP contribution in [0.5, 0.6) is 11.5 Å². The Morgan fingerprint density at radius 1 is 0.923 bits per heavy atom. The van der Waals surface area contributed by atoms with Gasteiger partial charge in [0.2, 0.25) is 0 Å². The summed E-state index contributed by atoms with van der Waals surface area (Å²) in [4.78, 5) is 12.1. The lowest BCUT2D eigenvalue weighted by Gasteiger charge is -2.11. The van der Waals surface area contributed by atoms with E-state index in [4.69, 9.17) is 9.47 Å². The molecule has 26 heavy (non-hydrogen) atoms. The largest absolute Gasteiger partial charge is 0.494 e. The van der Waals surface area contributed by atoms with Crippen molar-refractivity contribution in [1.82, 2.24) is 0 Å². The highest BCUT2D eigenvalue weighted by molar-refractivity contribution is 5.92. The van der Waals surface area contributed by atoms with Crippen molar-refractivity contribution in [2.45, 2.75) is 46.5 Å². The molecule has 1 N–H and O–H groups in total. The molecule has 0 atom stereocenters. The molecule has 0 aliphatic heterocycles. The van der Waals surface area contributed by atoms with Crippen LogP contribution in [0.15, 0.2) is 42.5 Å². The fraction of sp³-hybridized carbons (Fsp3) is 0.409. The van der Waals surface area contributed by atoms with Gasteiger partial charge in [0.1, 0.15) is 11.5 Å². The molecule has 0 saturated carbocycles. The van der Waals surface area contributed by atoms with E-state index in [1.807, 2.05) is 50.2 Å². The molecule has 140 valence electrons. The van der Waals surface area contributed by atoms with Crippen LogP contribution in [0.3, 0.4) is 0 Å². The molecule has 1 amide bonds. The summed E-state index contributed by atoms with van der Waals surface area (Å²) in [5.41, 5.74) is 2.94. The van der Waals surface area contributed by atoms with Gasteiger partial charge in [0, 0.05) is 11.8 Å². The summed E-state index contributed by atoms with van der Waals surface area (Å²) < 4.78 is 11.3. The zero-order chi connectivity index (χ0) is 18.8.